The van der Waals surface area contributed by atoms with Crippen LogP contribution in [0.15, 0.2) is 0 Å². The standard InChI is InChI=1S/C5H9NO2S.ClH/c1-4(7)8-5-6-2-3-9-5;/h5-6H,2-3H2,1H3;1H. The molecule has 1 saturated heterocycles. The maximum Gasteiger partial charge on any atom is 0.304 e. The van der Waals surface area contributed by atoms with E-state index in [1.807, 2.05) is 0 Å². The molecule has 1 atom stereocenters. The summed E-state index contributed by atoms with van der Waals surface area (Å²) in [6.07, 6.45) is 0. The number of ether oxygens (including phenoxy) is 1. The van der Waals surface area contributed by atoms with Crippen molar-refractivity contribution in [1.82, 2.24) is 5.32 Å². The van der Waals surface area contributed by atoms with Gasteiger partial charge in [0, 0.05) is 19.2 Å². The molecule has 1 fully saturated rings. The lowest BCUT2D eigenvalue weighted by atomic mass is 10.7. The van der Waals surface area contributed by atoms with Gasteiger partial charge in [0.15, 0.2) is 0 Å². The van der Waals surface area contributed by atoms with Gasteiger partial charge in [-0.1, -0.05) is 0 Å². The Kier molecular flexibility index (Phi) is 4.85. The highest BCUT2D eigenvalue weighted by molar-refractivity contribution is 8.00. The summed E-state index contributed by atoms with van der Waals surface area (Å²) in [5.74, 6) is 0.805. The van der Waals surface area contributed by atoms with Crippen LogP contribution < -0.4 is 5.32 Å². The van der Waals surface area contributed by atoms with Gasteiger partial charge in [-0.25, -0.2) is 0 Å². The van der Waals surface area contributed by atoms with E-state index in [1.54, 1.807) is 11.8 Å². The maximum atomic E-state index is 10.3. The van der Waals surface area contributed by atoms with Gasteiger partial charge in [-0.3, -0.25) is 10.1 Å². The van der Waals surface area contributed by atoms with Crippen molar-refractivity contribution in [1.29, 1.82) is 0 Å². The zero-order valence-corrected chi connectivity index (χ0v) is 7.26. The molecule has 0 aromatic heterocycles. The van der Waals surface area contributed by atoms with E-state index in [4.69, 9.17) is 4.74 Å². The predicted molar refractivity (Wildman–Crippen MR) is 43.3 cm³/mol. The number of carbonyl (C=O) groups is 1. The largest absolute Gasteiger partial charge is 0.437 e. The monoisotopic (exact) mass is 183 g/mol. The molecule has 0 aromatic carbocycles. The minimum atomic E-state index is -0.220. The van der Waals surface area contributed by atoms with Crippen LogP contribution in [0.4, 0.5) is 0 Å². The van der Waals surface area contributed by atoms with Gasteiger partial charge in [0.05, 0.1) is 0 Å². The van der Waals surface area contributed by atoms with Crippen molar-refractivity contribution in [2.24, 2.45) is 0 Å². The molecule has 1 unspecified atom stereocenters. The van der Waals surface area contributed by atoms with E-state index in [2.05, 4.69) is 5.32 Å². The molecule has 3 nitrogen and oxygen atoms in total. The Morgan fingerprint density at radius 2 is 2.50 bits per heavy atom. The molecule has 0 spiro atoms. The number of rotatable bonds is 1. The summed E-state index contributed by atoms with van der Waals surface area (Å²) in [7, 11) is 0. The summed E-state index contributed by atoms with van der Waals surface area (Å²) in [5.41, 5.74) is -0.0949. The quantitative estimate of drug-likeness (QED) is 0.604. The van der Waals surface area contributed by atoms with Gasteiger partial charge in [-0.05, 0) is 0 Å². The van der Waals surface area contributed by atoms with E-state index in [0.717, 1.165) is 12.3 Å². The summed E-state index contributed by atoms with van der Waals surface area (Å²) >= 11 is 1.62. The molecule has 1 rings (SSSR count). The zero-order valence-electron chi connectivity index (χ0n) is 5.62. The van der Waals surface area contributed by atoms with Crippen LogP contribution in [0, 0.1) is 0 Å². The second-order valence-electron chi connectivity index (χ2n) is 1.77. The molecule has 10 heavy (non-hydrogen) atoms. The number of hydrogen-bond donors (Lipinski definition) is 1. The van der Waals surface area contributed by atoms with Crippen molar-refractivity contribution < 1.29 is 9.53 Å². The van der Waals surface area contributed by atoms with Crippen LogP contribution in [0.25, 0.3) is 0 Å². The normalized spacial score (nSPS) is 23.5. The lowest BCUT2D eigenvalue weighted by molar-refractivity contribution is -0.143. The van der Waals surface area contributed by atoms with Gasteiger partial charge in [0.25, 0.3) is 0 Å². The van der Waals surface area contributed by atoms with Crippen LogP contribution >= 0.6 is 24.2 Å². The Morgan fingerprint density at radius 1 is 1.80 bits per heavy atom. The van der Waals surface area contributed by atoms with Crippen LogP contribution in [0.1, 0.15) is 6.92 Å². The van der Waals surface area contributed by atoms with Gasteiger partial charge in [-0.15, -0.1) is 24.2 Å². The Morgan fingerprint density at radius 3 is 2.90 bits per heavy atom. The second-order valence-corrected chi connectivity index (χ2v) is 2.94. The van der Waals surface area contributed by atoms with Gasteiger partial charge in [0.1, 0.15) is 0 Å². The molecule has 0 radical (unpaired) electrons. The smallest absolute Gasteiger partial charge is 0.304 e. The van der Waals surface area contributed by atoms with Crippen LogP contribution in [0.3, 0.4) is 0 Å². The minimum absolute atomic E-state index is 0. The third kappa shape index (κ3) is 3.29. The fourth-order valence-electron chi connectivity index (χ4n) is 0.628. The van der Waals surface area contributed by atoms with Crippen molar-refractivity contribution in [2.75, 3.05) is 12.3 Å². The minimum Gasteiger partial charge on any atom is -0.437 e. The third-order valence-electron chi connectivity index (χ3n) is 0.955. The SMILES string of the molecule is CC(=O)OC1NCCS1.Cl. The van der Waals surface area contributed by atoms with Crippen molar-refractivity contribution in [3.05, 3.63) is 0 Å². The molecule has 60 valence electrons. The van der Waals surface area contributed by atoms with Crippen LogP contribution in [0.2, 0.25) is 0 Å². The van der Waals surface area contributed by atoms with Crippen molar-refractivity contribution in [3.63, 3.8) is 0 Å². The Hall–Kier alpha value is 0.0700. The predicted octanol–water partition coefficient (Wildman–Crippen LogP) is 0.591. The van der Waals surface area contributed by atoms with Crippen LogP contribution in [-0.4, -0.2) is 23.8 Å². The van der Waals surface area contributed by atoms with E-state index in [9.17, 15) is 4.79 Å². The van der Waals surface area contributed by atoms with Crippen LogP contribution in [0.5, 0.6) is 0 Å². The van der Waals surface area contributed by atoms with Crippen molar-refractivity contribution in [3.8, 4) is 0 Å². The lowest BCUT2D eigenvalue weighted by Crippen LogP contribution is -2.24. The Bertz CT molecular complexity index is 116. The molecular formula is C5H10ClNO2S. The number of nitrogens with one attached hydrogen (secondary N) is 1. The average Bonchev–Trinajstić information content (AvgIpc) is 2.15. The van der Waals surface area contributed by atoms with E-state index in [0.29, 0.717) is 0 Å². The number of esters is 1. The van der Waals surface area contributed by atoms with E-state index >= 15 is 0 Å². The summed E-state index contributed by atoms with van der Waals surface area (Å²) in [6, 6.07) is 0. The second kappa shape index (κ2) is 4.82. The van der Waals surface area contributed by atoms with E-state index in [1.165, 1.54) is 6.92 Å². The highest BCUT2D eigenvalue weighted by atomic mass is 35.5. The summed E-state index contributed by atoms with van der Waals surface area (Å²) in [5, 5.41) is 3.01. The number of halogens is 1. The van der Waals surface area contributed by atoms with E-state index < -0.39 is 0 Å². The van der Waals surface area contributed by atoms with Crippen molar-refractivity contribution in [2.45, 2.75) is 12.5 Å². The molecular weight excluding hydrogens is 174 g/mol. The number of carbonyl (C=O) groups excluding carboxylic acids is 1. The first-order chi connectivity index (χ1) is 4.29. The zero-order chi connectivity index (χ0) is 6.69. The van der Waals surface area contributed by atoms with Crippen molar-refractivity contribution >= 4 is 30.1 Å². The average molecular weight is 184 g/mol. The highest BCUT2D eigenvalue weighted by Crippen LogP contribution is 2.14. The summed E-state index contributed by atoms with van der Waals surface area (Å²) in [6.45, 7) is 2.35. The van der Waals surface area contributed by atoms with Crippen LogP contribution in [-0.2, 0) is 9.53 Å². The summed E-state index contributed by atoms with van der Waals surface area (Å²) in [4.78, 5) is 10.3. The summed E-state index contributed by atoms with van der Waals surface area (Å²) < 4.78 is 4.82. The fraction of sp³-hybridized carbons (Fsp3) is 0.800. The molecule has 5 heteroatoms. The molecule has 0 aliphatic carbocycles. The highest BCUT2D eigenvalue weighted by Gasteiger charge is 2.16. The first kappa shape index (κ1) is 10.1. The lowest BCUT2D eigenvalue weighted by Gasteiger charge is -2.07. The molecule has 0 aromatic rings. The molecule has 1 aliphatic heterocycles. The topological polar surface area (TPSA) is 38.3 Å². The van der Waals surface area contributed by atoms with Gasteiger partial charge < -0.3 is 4.74 Å². The molecule has 1 N–H and O–H groups in total. The first-order valence-electron chi connectivity index (χ1n) is 2.81. The number of hydrogen-bond acceptors (Lipinski definition) is 4. The Balaban J connectivity index is 0.000000810. The Labute approximate surface area is 70.3 Å². The molecule has 0 saturated carbocycles. The molecule has 0 amide bonds. The van der Waals surface area contributed by atoms with Gasteiger partial charge >= 0.3 is 5.97 Å². The molecule has 1 heterocycles. The number of thioether (sulfide) groups is 1. The third-order valence-corrected chi connectivity index (χ3v) is 1.96. The first-order valence-corrected chi connectivity index (χ1v) is 3.86. The molecule has 0 bridgehead atoms. The van der Waals surface area contributed by atoms with Gasteiger partial charge in [-0.2, -0.15) is 0 Å². The maximum absolute atomic E-state index is 10.3. The molecule has 1 aliphatic rings. The van der Waals surface area contributed by atoms with Gasteiger partial charge in [0.2, 0.25) is 5.56 Å². The van der Waals surface area contributed by atoms with E-state index in [-0.39, 0.29) is 23.9 Å². The fourth-order valence-corrected chi connectivity index (χ4v) is 1.52.